The molecule has 0 radical (unpaired) electrons. The van der Waals surface area contributed by atoms with Crippen molar-refractivity contribution in [2.75, 3.05) is 6.54 Å². The van der Waals surface area contributed by atoms with Crippen molar-refractivity contribution in [2.24, 2.45) is 5.92 Å². The van der Waals surface area contributed by atoms with Crippen LogP contribution in [0.4, 0.5) is 13.2 Å². The predicted octanol–water partition coefficient (Wildman–Crippen LogP) is 4.87. The van der Waals surface area contributed by atoms with Gasteiger partial charge in [-0.05, 0) is 61.1 Å². The molecule has 0 aliphatic heterocycles. The highest BCUT2D eigenvalue weighted by Crippen LogP contribution is 2.42. The van der Waals surface area contributed by atoms with Crippen LogP contribution in [0.5, 0.6) is 5.75 Å². The Balaban J connectivity index is 1.34. The summed E-state index contributed by atoms with van der Waals surface area (Å²) in [4.78, 5) is 12.6. The van der Waals surface area contributed by atoms with E-state index in [0.29, 0.717) is 23.1 Å². The number of benzene rings is 2. The van der Waals surface area contributed by atoms with Gasteiger partial charge in [0, 0.05) is 23.9 Å². The van der Waals surface area contributed by atoms with Gasteiger partial charge in [-0.25, -0.2) is 0 Å². The monoisotopic (exact) mass is 389 g/mol. The van der Waals surface area contributed by atoms with Crippen molar-refractivity contribution in [1.29, 1.82) is 0 Å². The Morgan fingerprint density at radius 3 is 2.54 bits per heavy atom. The number of ketones is 1. The molecule has 0 amide bonds. The van der Waals surface area contributed by atoms with Crippen LogP contribution in [0.1, 0.15) is 46.7 Å². The molecule has 4 rings (SSSR count). The van der Waals surface area contributed by atoms with Gasteiger partial charge in [0.25, 0.3) is 0 Å². The molecule has 2 fully saturated rings. The molecular formula is C22H22F3NO2. The number of nitrogens with one attached hydrogen (secondary N) is 1. The van der Waals surface area contributed by atoms with Crippen molar-refractivity contribution in [1.82, 2.24) is 5.32 Å². The molecule has 2 aromatic carbocycles. The number of alkyl halides is 3. The summed E-state index contributed by atoms with van der Waals surface area (Å²) >= 11 is 0. The Morgan fingerprint density at radius 1 is 1.11 bits per heavy atom. The highest BCUT2D eigenvalue weighted by molar-refractivity contribution is 5.97. The lowest BCUT2D eigenvalue weighted by atomic mass is 9.99. The van der Waals surface area contributed by atoms with E-state index in [1.807, 2.05) is 12.1 Å². The van der Waals surface area contributed by atoms with Gasteiger partial charge < -0.3 is 10.1 Å². The molecule has 0 heterocycles. The first-order chi connectivity index (χ1) is 13.4. The van der Waals surface area contributed by atoms with Gasteiger partial charge in [-0.1, -0.05) is 30.3 Å². The third kappa shape index (κ3) is 5.13. The van der Waals surface area contributed by atoms with Crippen LogP contribution in [0.15, 0.2) is 48.5 Å². The summed E-state index contributed by atoms with van der Waals surface area (Å²) in [6.07, 6.45) is -0.809. The van der Waals surface area contributed by atoms with Crippen molar-refractivity contribution >= 4 is 5.78 Å². The highest BCUT2D eigenvalue weighted by Gasteiger charge is 2.39. The molecule has 0 saturated heterocycles. The minimum absolute atomic E-state index is 0.0468. The Hall–Kier alpha value is -2.34. The molecule has 3 nitrogen and oxygen atoms in total. The van der Waals surface area contributed by atoms with E-state index in [1.54, 1.807) is 6.07 Å². The largest absolute Gasteiger partial charge is 0.573 e. The predicted molar refractivity (Wildman–Crippen MR) is 99.5 cm³/mol. The van der Waals surface area contributed by atoms with Crippen LogP contribution >= 0.6 is 0 Å². The lowest BCUT2D eigenvalue weighted by Crippen LogP contribution is -2.20. The minimum Gasteiger partial charge on any atom is -0.406 e. The minimum atomic E-state index is -4.72. The summed E-state index contributed by atoms with van der Waals surface area (Å²) in [5.74, 6) is 0.978. The molecule has 2 aliphatic carbocycles. The molecule has 2 saturated carbocycles. The maximum Gasteiger partial charge on any atom is 0.573 e. The molecule has 2 atom stereocenters. The molecule has 28 heavy (non-hydrogen) atoms. The second-order valence-corrected chi connectivity index (χ2v) is 7.72. The van der Waals surface area contributed by atoms with Crippen LogP contribution in [0, 0.1) is 5.92 Å². The van der Waals surface area contributed by atoms with Gasteiger partial charge in [0.1, 0.15) is 5.75 Å². The average molecular weight is 389 g/mol. The number of hydrogen-bond acceptors (Lipinski definition) is 3. The van der Waals surface area contributed by atoms with E-state index in [2.05, 4.69) is 16.1 Å². The molecular weight excluding hydrogens is 367 g/mol. The number of carbonyl (C=O) groups is 1. The summed E-state index contributed by atoms with van der Waals surface area (Å²) in [6, 6.07) is 13.6. The Bertz CT molecular complexity index is 844. The SMILES string of the molecule is O=C(Cc1ccc(OC(F)(F)F)cc1)c1cccc(C2CC2NCC2CC2)c1. The van der Waals surface area contributed by atoms with Crippen LogP contribution in [0.3, 0.4) is 0 Å². The maximum absolute atomic E-state index is 12.6. The Labute approximate surface area is 161 Å². The molecule has 1 N–H and O–H groups in total. The third-order valence-corrected chi connectivity index (χ3v) is 5.31. The summed E-state index contributed by atoms with van der Waals surface area (Å²) in [6.45, 7) is 1.09. The third-order valence-electron chi connectivity index (χ3n) is 5.31. The van der Waals surface area contributed by atoms with E-state index in [-0.39, 0.29) is 18.0 Å². The summed E-state index contributed by atoms with van der Waals surface area (Å²) in [5, 5.41) is 3.60. The first kappa shape index (κ1) is 19.0. The first-order valence-corrected chi connectivity index (χ1v) is 9.58. The van der Waals surface area contributed by atoms with Crippen molar-refractivity contribution in [3.8, 4) is 5.75 Å². The van der Waals surface area contributed by atoms with Gasteiger partial charge in [0.05, 0.1) is 0 Å². The zero-order valence-electron chi connectivity index (χ0n) is 15.3. The van der Waals surface area contributed by atoms with Crippen LogP contribution in [0.25, 0.3) is 0 Å². The van der Waals surface area contributed by atoms with E-state index in [0.717, 1.165) is 18.9 Å². The summed E-state index contributed by atoms with van der Waals surface area (Å²) in [7, 11) is 0. The molecule has 2 aliphatic rings. The second-order valence-electron chi connectivity index (χ2n) is 7.72. The van der Waals surface area contributed by atoms with Gasteiger partial charge >= 0.3 is 6.36 Å². The first-order valence-electron chi connectivity index (χ1n) is 9.58. The van der Waals surface area contributed by atoms with Crippen LogP contribution < -0.4 is 10.1 Å². The highest BCUT2D eigenvalue weighted by atomic mass is 19.4. The fourth-order valence-corrected chi connectivity index (χ4v) is 3.47. The maximum atomic E-state index is 12.6. The molecule has 148 valence electrons. The number of rotatable bonds is 8. The molecule has 2 aromatic rings. The number of Topliss-reactive ketones (excluding diaryl/α,β-unsaturated/α-hetero) is 1. The second kappa shape index (κ2) is 7.59. The molecule has 2 unspecified atom stereocenters. The fourth-order valence-electron chi connectivity index (χ4n) is 3.47. The zero-order valence-corrected chi connectivity index (χ0v) is 15.3. The Morgan fingerprint density at radius 2 is 1.86 bits per heavy atom. The van der Waals surface area contributed by atoms with E-state index < -0.39 is 6.36 Å². The normalized spacial score (nSPS) is 21.4. The van der Waals surface area contributed by atoms with Gasteiger partial charge in [-0.3, -0.25) is 4.79 Å². The number of halogens is 3. The standard InChI is InChI=1S/C22H22F3NO2/c23-22(24,25)28-18-8-6-14(7-9-18)10-21(27)17-3-1-2-16(11-17)19-12-20(19)26-13-15-4-5-15/h1-3,6-9,11,15,19-20,26H,4-5,10,12-13H2. The van der Waals surface area contributed by atoms with E-state index in [9.17, 15) is 18.0 Å². The fraction of sp³-hybridized carbons (Fsp3) is 0.409. The lowest BCUT2D eigenvalue weighted by molar-refractivity contribution is -0.274. The molecule has 0 bridgehead atoms. The van der Waals surface area contributed by atoms with Crippen LogP contribution in [0.2, 0.25) is 0 Å². The zero-order chi connectivity index (χ0) is 19.7. The van der Waals surface area contributed by atoms with E-state index in [4.69, 9.17) is 0 Å². The van der Waals surface area contributed by atoms with Crippen molar-refractivity contribution < 1.29 is 22.7 Å². The average Bonchev–Trinajstić information content (AvgIpc) is 3.55. The van der Waals surface area contributed by atoms with E-state index >= 15 is 0 Å². The van der Waals surface area contributed by atoms with Crippen LogP contribution in [-0.2, 0) is 6.42 Å². The van der Waals surface area contributed by atoms with Crippen molar-refractivity contribution in [3.05, 3.63) is 65.2 Å². The molecule has 0 spiro atoms. The van der Waals surface area contributed by atoms with Crippen molar-refractivity contribution in [2.45, 2.75) is 44.0 Å². The summed E-state index contributed by atoms with van der Waals surface area (Å²) < 4.78 is 40.5. The van der Waals surface area contributed by atoms with Crippen LogP contribution in [-0.4, -0.2) is 24.7 Å². The molecule has 0 aromatic heterocycles. The quantitative estimate of drug-likeness (QED) is 0.655. The lowest BCUT2D eigenvalue weighted by Gasteiger charge is -2.09. The van der Waals surface area contributed by atoms with Gasteiger partial charge in [-0.15, -0.1) is 13.2 Å². The number of ether oxygens (including phenoxy) is 1. The van der Waals surface area contributed by atoms with Gasteiger partial charge in [0.15, 0.2) is 5.78 Å². The molecule has 6 heteroatoms. The van der Waals surface area contributed by atoms with Gasteiger partial charge in [-0.2, -0.15) is 0 Å². The number of carbonyl (C=O) groups excluding carboxylic acids is 1. The summed E-state index contributed by atoms with van der Waals surface area (Å²) in [5.41, 5.74) is 2.47. The smallest absolute Gasteiger partial charge is 0.406 e. The topological polar surface area (TPSA) is 38.3 Å². The van der Waals surface area contributed by atoms with Crippen molar-refractivity contribution in [3.63, 3.8) is 0 Å². The number of hydrogen-bond donors (Lipinski definition) is 1. The van der Waals surface area contributed by atoms with E-state index in [1.165, 1.54) is 42.7 Å². The van der Waals surface area contributed by atoms with Gasteiger partial charge in [0.2, 0.25) is 0 Å². The Kier molecular flexibility index (Phi) is 5.15.